The lowest BCUT2D eigenvalue weighted by molar-refractivity contribution is 0.0733. The van der Waals surface area contributed by atoms with E-state index in [1.54, 1.807) is 23.2 Å². The fourth-order valence-corrected chi connectivity index (χ4v) is 5.24. The molecule has 35 heavy (non-hydrogen) atoms. The molecule has 0 unspecified atom stereocenters. The first kappa shape index (κ1) is 25.0. The molecular weight excluding hydrogens is 509 g/mol. The van der Waals surface area contributed by atoms with Gasteiger partial charge in [-0.1, -0.05) is 17.7 Å². The molecule has 1 amide bonds. The Balaban J connectivity index is 0.00000289. The molecule has 0 N–H and O–H groups in total. The lowest BCUT2D eigenvalue weighted by atomic mass is 10.1. The van der Waals surface area contributed by atoms with Crippen LogP contribution in [0, 0.1) is 0 Å². The van der Waals surface area contributed by atoms with Gasteiger partial charge in [0.05, 0.1) is 22.7 Å². The molecule has 4 heterocycles. The second kappa shape index (κ2) is 10.2. The number of amides is 1. The molecule has 1 aliphatic heterocycles. The smallest absolute Gasteiger partial charge is 0.293 e. The van der Waals surface area contributed by atoms with Crippen LogP contribution in [0.2, 0.25) is 5.02 Å². The Morgan fingerprint density at radius 3 is 2.71 bits per heavy atom. The van der Waals surface area contributed by atoms with Gasteiger partial charge in [0.25, 0.3) is 11.5 Å². The third kappa shape index (κ3) is 4.59. The number of carbonyl (C=O) groups is 1. The number of hydrogen-bond donors (Lipinski definition) is 0. The van der Waals surface area contributed by atoms with Crippen LogP contribution in [0.3, 0.4) is 0 Å². The zero-order chi connectivity index (χ0) is 23.8. The number of thiophene rings is 1. The maximum absolute atomic E-state index is 13.4. The minimum Gasteiger partial charge on any atom is -0.411 e. The molecule has 0 fully saturated rings. The van der Waals surface area contributed by atoms with E-state index in [0.29, 0.717) is 46.6 Å². The van der Waals surface area contributed by atoms with Crippen molar-refractivity contribution in [2.75, 3.05) is 25.1 Å². The summed E-state index contributed by atoms with van der Waals surface area (Å²) in [5, 5.41) is 1.56. The summed E-state index contributed by atoms with van der Waals surface area (Å²) < 4.78 is 1.19. The Morgan fingerprint density at radius 1 is 1.26 bits per heavy atom. The van der Waals surface area contributed by atoms with E-state index in [-0.39, 0.29) is 30.4 Å². The second-order valence-corrected chi connectivity index (χ2v) is 9.29. The van der Waals surface area contributed by atoms with E-state index in [4.69, 9.17) is 21.4 Å². The minimum atomic E-state index is -0.314. The van der Waals surface area contributed by atoms with E-state index < -0.39 is 0 Å². The van der Waals surface area contributed by atoms with E-state index >= 15 is 0 Å². The lowest BCUT2D eigenvalue weighted by Gasteiger charge is -2.30. The fraction of sp³-hybridized carbons (Fsp3) is 0.250. The molecule has 0 spiro atoms. The summed E-state index contributed by atoms with van der Waals surface area (Å²) in [6.07, 6.45) is 2.19. The molecule has 1 aromatic carbocycles. The summed E-state index contributed by atoms with van der Waals surface area (Å²) in [6.45, 7) is 3.20. The van der Waals surface area contributed by atoms with Crippen molar-refractivity contribution in [2.24, 2.45) is 0 Å². The van der Waals surface area contributed by atoms with Gasteiger partial charge in [-0.3, -0.25) is 9.59 Å². The van der Waals surface area contributed by atoms with Crippen molar-refractivity contribution in [3.05, 3.63) is 80.2 Å². The molecular formula is C24H23Cl2N5O3S. The number of carbonyl (C=O) groups excluding carboxylic acids is 1. The highest BCUT2D eigenvalue weighted by molar-refractivity contribution is 7.20. The summed E-state index contributed by atoms with van der Waals surface area (Å²) in [4.78, 5) is 46.2. The standard InChI is InChI=1S/C24H22ClN5O3S.ClH/c1-3-29(17-8-6-16(25)7-9-17)24-27-19-10-12-28(14-18(19)22(31)30(24)33-2)23(32)20-13-15-5-4-11-26-21(15)34-20;/h4-9,11,13H,3,10,12,14H2,1-2H3;1H. The second-order valence-electron chi connectivity index (χ2n) is 7.82. The first-order chi connectivity index (χ1) is 16.5. The molecule has 8 nitrogen and oxygen atoms in total. The van der Waals surface area contributed by atoms with Crippen LogP contribution in [0.4, 0.5) is 11.6 Å². The molecule has 0 saturated heterocycles. The van der Waals surface area contributed by atoms with Gasteiger partial charge in [0, 0.05) is 41.8 Å². The normalized spacial score (nSPS) is 12.7. The molecule has 1 aliphatic rings. The third-order valence-corrected chi connectivity index (χ3v) is 7.14. The summed E-state index contributed by atoms with van der Waals surface area (Å²) in [6, 6.07) is 13.0. The Morgan fingerprint density at radius 2 is 2.03 bits per heavy atom. The molecule has 5 rings (SSSR count). The highest BCUT2D eigenvalue weighted by atomic mass is 35.5. The maximum atomic E-state index is 13.4. The Hall–Kier alpha value is -3.14. The van der Waals surface area contributed by atoms with Gasteiger partial charge in [0.1, 0.15) is 11.9 Å². The van der Waals surface area contributed by atoms with Crippen LogP contribution in [0.15, 0.2) is 53.5 Å². The van der Waals surface area contributed by atoms with Crippen molar-refractivity contribution in [2.45, 2.75) is 19.9 Å². The molecule has 182 valence electrons. The van der Waals surface area contributed by atoms with E-state index in [1.807, 2.05) is 42.2 Å². The maximum Gasteiger partial charge on any atom is 0.293 e. The first-order valence-electron chi connectivity index (χ1n) is 10.9. The summed E-state index contributed by atoms with van der Waals surface area (Å²) in [5.41, 5.74) is 1.68. The molecule has 4 aromatic rings. The Bertz CT molecular complexity index is 1400. The van der Waals surface area contributed by atoms with Crippen LogP contribution in [-0.2, 0) is 13.0 Å². The van der Waals surface area contributed by atoms with Crippen molar-refractivity contribution in [1.29, 1.82) is 0 Å². The number of benzene rings is 1. The van der Waals surface area contributed by atoms with E-state index in [9.17, 15) is 9.59 Å². The number of hydrogen-bond acceptors (Lipinski definition) is 7. The van der Waals surface area contributed by atoms with Gasteiger partial charge in [-0.2, -0.15) is 0 Å². The molecule has 0 saturated carbocycles. The van der Waals surface area contributed by atoms with E-state index in [0.717, 1.165) is 15.9 Å². The van der Waals surface area contributed by atoms with Crippen LogP contribution in [0.5, 0.6) is 0 Å². The number of nitrogens with zero attached hydrogens (tertiary/aromatic N) is 5. The van der Waals surface area contributed by atoms with Crippen LogP contribution < -0.4 is 15.3 Å². The summed E-state index contributed by atoms with van der Waals surface area (Å²) in [7, 11) is 1.44. The highest BCUT2D eigenvalue weighted by Crippen LogP contribution is 2.28. The zero-order valence-electron chi connectivity index (χ0n) is 19.1. The molecule has 0 aliphatic carbocycles. The fourth-order valence-electron chi connectivity index (χ4n) is 4.15. The molecule has 3 aromatic heterocycles. The monoisotopic (exact) mass is 531 g/mol. The van der Waals surface area contributed by atoms with Crippen molar-refractivity contribution in [3.63, 3.8) is 0 Å². The molecule has 0 atom stereocenters. The van der Waals surface area contributed by atoms with Crippen molar-refractivity contribution < 1.29 is 9.63 Å². The number of anilines is 2. The summed E-state index contributed by atoms with van der Waals surface area (Å²) >= 11 is 7.40. The van der Waals surface area contributed by atoms with E-state index in [2.05, 4.69) is 4.98 Å². The van der Waals surface area contributed by atoms with Gasteiger partial charge in [0.15, 0.2) is 0 Å². The lowest BCUT2D eigenvalue weighted by Crippen LogP contribution is -2.43. The predicted molar refractivity (Wildman–Crippen MR) is 140 cm³/mol. The first-order valence-corrected chi connectivity index (χ1v) is 12.1. The molecule has 11 heteroatoms. The van der Waals surface area contributed by atoms with Crippen molar-refractivity contribution >= 4 is 63.1 Å². The number of halogens is 2. The SMILES string of the molecule is CCN(c1ccc(Cl)cc1)c1nc2c(c(=O)n1OC)CN(C(=O)c1cc3cccnc3s1)CC2.Cl. The van der Waals surface area contributed by atoms with Crippen LogP contribution in [0.1, 0.15) is 27.9 Å². The van der Waals surface area contributed by atoms with Crippen molar-refractivity contribution in [3.8, 4) is 0 Å². The van der Waals surface area contributed by atoms with Gasteiger partial charge in [-0.15, -0.1) is 28.5 Å². The largest absolute Gasteiger partial charge is 0.411 e. The van der Waals surface area contributed by atoms with Gasteiger partial charge < -0.3 is 14.6 Å². The topological polar surface area (TPSA) is 80.6 Å². The number of aromatic nitrogens is 3. The number of rotatable bonds is 5. The Labute approximate surface area is 217 Å². The van der Waals surface area contributed by atoms with Crippen molar-refractivity contribution in [1.82, 2.24) is 19.6 Å². The third-order valence-electron chi connectivity index (χ3n) is 5.85. The number of pyridine rings is 1. The van der Waals surface area contributed by atoms with Crippen LogP contribution >= 0.6 is 35.3 Å². The minimum absolute atomic E-state index is 0. The molecule has 0 bridgehead atoms. The Kier molecular flexibility index (Phi) is 7.30. The van der Waals surface area contributed by atoms with E-state index in [1.165, 1.54) is 23.2 Å². The van der Waals surface area contributed by atoms with Gasteiger partial charge >= 0.3 is 0 Å². The van der Waals surface area contributed by atoms with Gasteiger partial charge in [0.2, 0.25) is 5.95 Å². The van der Waals surface area contributed by atoms with Gasteiger partial charge in [-0.25, -0.2) is 9.97 Å². The quantitative estimate of drug-likeness (QED) is 0.381. The highest BCUT2D eigenvalue weighted by Gasteiger charge is 2.29. The average molecular weight is 532 g/mol. The van der Waals surface area contributed by atoms with Crippen LogP contribution in [0.25, 0.3) is 10.2 Å². The van der Waals surface area contributed by atoms with Crippen LogP contribution in [-0.4, -0.2) is 45.7 Å². The average Bonchev–Trinajstić information content (AvgIpc) is 3.30. The predicted octanol–water partition coefficient (Wildman–Crippen LogP) is 4.34. The molecule has 0 radical (unpaired) electrons. The number of fused-ring (bicyclic) bond motifs is 2. The zero-order valence-corrected chi connectivity index (χ0v) is 21.5. The van der Waals surface area contributed by atoms with Gasteiger partial charge in [-0.05, 0) is 43.3 Å². The summed E-state index contributed by atoms with van der Waals surface area (Å²) in [5.74, 6) is 0.281.